The Bertz CT molecular complexity index is 403. The van der Waals surface area contributed by atoms with Gasteiger partial charge in [0.05, 0.1) is 12.7 Å². The van der Waals surface area contributed by atoms with Gasteiger partial charge in [0.15, 0.2) is 0 Å². The van der Waals surface area contributed by atoms with Crippen molar-refractivity contribution >= 4 is 11.8 Å². The van der Waals surface area contributed by atoms with Crippen molar-refractivity contribution in [1.82, 2.24) is 0 Å². The monoisotopic (exact) mass is 382 g/mol. The Morgan fingerprint density at radius 3 is 2.22 bits per heavy atom. The predicted molar refractivity (Wildman–Crippen MR) is 112 cm³/mol. The minimum atomic E-state index is -0.588. The zero-order valence-corrected chi connectivity index (χ0v) is 17.9. The van der Waals surface area contributed by atoms with Crippen molar-refractivity contribution in [1.29, 1.82) is 0 Å². The van der Waals surface area contributed by atoms with Crippen LogP contribution in [0.1, 0.15) is 104 Å². The summed E-state index contributed by atoms with van der Waals surface area (Å²) in [7, 11) is 0. The Balaban J connectivity index is 3.69. The molecule has 0 aliphatic heterocycles. The largest absolute Gasteiger partial charge is 0.465 e. The van der Waals surface area contributed by atoms with E-state index >= 15 is 0 Å². The van der Waals surface area contributed by atoms with Gasteiger partial charge in [-0.3, -0.25) is 9.59 Å². The first-order valence-corrected chi connectivity index (χ1v) is 11.0. The first-order valence-electron chi connectivity index (χ1n) is 11.0. The van der Waals surface area contributed by atoms with Crippen LogP contribution in [0.5, 0.6) is 0 Å². The quantitative estimate of drug-likeness (QED) is 0.142. The molecule has 0 amide bonds. The van der Waals surface area contributed by atoms with E-state index < -0.39 is 5.92 Å². The van der Waals surface area contributed by atoms with Crippen LogP contribution in [0.15, 0.2) is 12.2 Å². The molecule has 0 aromatic rings. The van der Waals surface area contributed by atoms with Gasteiger partial charge < -0.3 is 9.84 Å². The summed E-state index contributed by atoms with van der Waals surface area (Å²) in [4.78, 5) is 23.5. The van der Waals surface area contributed by atoms with Gasteiger partial charge in [0.1, 0.15) is 11.7 Å². The lowest BCUT2D eigenvalue weighted by molar-refractivity contribution is -0.151. The van der Waals surface area contributed by atoms with Gasteiger partial charge in [-0.1, -0.05) is 70.9 Å². The van der Waals surface area contributed by atoms with Crippen LogP contribution >= 0.6 is 0 Å². The second-order valence-corrected chi connectivity index (χ2v) is 7.53. The fraction of sp³-hybridized carbons (Fsp3) is 0.826. The minimum absolute atomic E-state index is 0.0905. The molecule has 0 saturated carbocycles. The molecular formula is C23H42O4. The zero-order chi connectivity index (χ0) is 20.3. The molecule has 0 aliphatic carbocycles. The summed E-state index contributed by atoms with van der Waals surface area (Å²) in [5.41, 5.74) is 0. The lowest BCUT2D eigenvalue weighted by Gasteiger charge is -2.12. The molecule has 0 saturated heterocycles. The maximum atomic E-state index is 11.9. The highest BCUT2D eigenvalue weighted by Crippen LogP contribution is 2.15. The number of aliphatic hydroxyl groups is 1. The van der Waals surface area contributed by atoms with Crippen LogP contribution in [-0.4, -0.2) is 29.6 Å². The Labute approximate surface area is 166 Å². The summed E-state index contributed by atoms with van der Waals surface area (Å²) in [6.07, 6.45) is 17.1. The van der Waals surface area contributed by atoms with Gasteiger partial charge >= 0.3 is 5.97 Å². The zero-order valence-electron chi connectivity index (χ0n) is 17.9. The lowest BCUT2D eigenvalue weighted by Crippen LogP contribution is -2.24. The number of unbranched alkanes of at least 4 members (excludes halogenated alkanes) is 7. The van der Waals surface area contributed by atoms with Crippen LogP contribution in [0.3, 0.4) is 0 Å². The standard InChI is InChI=1S/C23H42O4/c1-4-6-7-13-16-21(25)17-14-11-9-8-10-12-15-18-22(20(3)24)23(26)27-19-5-2/h11,14,21-22,25H,4-10,12-13,15-19H2,1-3H3/b14-11-. The predicted octanol–water partition coefficient (Wildman–Crippen LogP) is 5.76. The average molecular weight is 383 g/mol. The molecule has 0 bridgehead atoms. The molecule has 0 spiro atoms. The van der Waals surface area contributed by atoms with Gasteiger partial charge in [-0.2, -0.15) is 0 Å². The Morgan fingerprint density at radius 2 is 1.56 bits per heavy atom. The van der Waals surface area contributed by atoms with Gasteiger partial charge in [-0.25, -0.2) is 0 Å². The molecule has 2 unspecified atom stereocenters. The van der Waals surface area contributed by atoms with Crippen LogP contribution in [0, 0.1) is 5.92 Å². The second-order valence-electron chi connectivity index (χ2n) is 7.53. The van der Waals surface area contributed by atoms with E-state index in [0.29, 0.717) is 13.0 Å². The topological polar surface area (TPSA) is 63.6 Å². The summed E-state index contributed by atoms with van der Waals surface area (Å²) in [5.74, 6) is -1.04. The number of ether oxygens (including phenoxy) is 1. The number of allylic oxidation sites excluding steroid dienone is 1. The number of Topliss-reactive ketones (excluding diaryl/α,β-unsaturated/α-hetero) is 1. The smallest absolute Gasteiger partial charge is 0.316 e. The van der Waals surface area contributed by atoms with E-state index in [4.69, 9.17) is 4.74 Å². The second kappa shape index (κ2) is 18.2. The highest BCUT2D eigenvalue weighted by molar-refractivity contribution is 5.97. The average Bonchev–Trinajstić information content (AvgIpc) is 2.64. The third-order valence-electron chi connectivity index (χ3n) is 4.80. The molecular weight excluding hydrogens is 340 g/mol. The number of hydrogen-bond donors (Lipinski definition) is 1. The van der Waals surface area contributed by atoms with Gasteiger partial charge in [0, 0.05) is 0 Å². The van der Waals surface area contributed by atoms with Gasteiger partial charge in [-0.05, 0) is 45.4 Å². The van der Waals surface area contributed by atoms with E-state index in [1.807, 2.05) is 6.92 Å². The van der Waals surface area contributed by atoms with Crippen LogP contribution in [-0.2, 0) is 14.3 Å². The van der Waals surface area contributed by atoms with Crippen LogP contribution in [0.4, 0.5) is 0 Å². The molecule has 0 radical (unpaired) electrons. The maximum absolute atomic E-state index is 11.9. The third-order valence-corrected chi connectivity index (χ3v) is 4.80. The van der Waals surface area contributed by atoms with E-state index in [1.54, 1.807) is 0 Å². The molecule has 1 N–H and O–H groups in total. The number of rotatable bonds is 18. The highest BCUT2D eigenvalue weighted by atomic mass is 16.5. The normalized spacial score (nSPS) is 13.6. The first-order chi connectivity index (χ1) is 13.0. The molecule has 0 heterocycles. The van der Waals surface area contributed by atoms with Crippen LogP contribution in [0.2, 0.25) is 0 Å². The van der Waals surface area contributed by atoms with Crippen molar-refractivity contribution < 1.29 is 19.4 Å². The molecule has 158 valence electrons. The number of ketones is 1. The number of carbonyl (C=O) groups is 2. The number of aliphatic hydroxyl groups excluding tert-OH is 1. The Morgan fingerprint density at radius 1 is 0.889 bits per heavy atom. The SMILES string of the molecule is CCCCCCC(O)C/C=C\CCCCCCC(C(C)=O)C(=O)OCCC. The molecule has 0 rings (SSSR count). The maximum Gasteiger partial charge on any atom is 0.316 e. The summed E-state index contributed by atoms with van der Waals surface area (Å²) in [6.45, 7) is 6.00. The number of carbonyl (C=O) groups excluding carboxylic acids is 2. The van der Waals surface area contributed by atoms with Gasteiger partial charge in [0.25, 0.3) is 0 Å². The molecule has 2 atom stereocenters. The highest BCUT2D eigenvalue weighted by Gasteiger charge is 2.23. The summed E-state index contributed by atoms with van der Waals surface area (Å²) >= 11 is 0. The molecule has 0 fully saturated rings. The number of esters is 1. The Hall–Kier alpha value is -1.16. The van der Waals surface area contributed by atoms with Crippen LogP contribution < -0.4 is 0 Å². The fourth-order valence-corrected chi connectivity index (χ4v) is 3.05. The molecule has 0 aromatic carbocycles. The van der Waals surface area contributed by atoms with Crippen LogP contribution in [0.25, 0.3) is 0 Å². The van der Waals surface area contributed by atoms with E-state index in [0.717, 1.165) is 57.8 Å². The van der Waals surface area contributed by atoms with E-state index in [-0.39, 0.29) is 17.9 Å². The van der Waals surface area contributed by atoms with Crippen molar-refractivity contribution in [3.05, 3.63) is 12.2 Å². The summed E-state index contributed by atoms with van der Waals surface area (Å²) < 4.78 is 5.10. The molecule has 0 aromatic heterocycles. The van der Waals surface area contributed by atoms with Crippen molar-refractivity contribution in [2.24, 2.45) is 5.92 Å². The van der Waals surface area contributed by atoms with Crippen molar-refractivity contribution in [2.75, 3.05) is 6.61 Å². The third kappa shape index (κ3) is 15.6. The Kier molecular flexibility index (Phi) is 17.4. The van der Waals surface area contributed by atoms with Gasteiger partial charge in [0.2, 0.25) is 0 Å². The van der Waals surface area contributed by atoms with Crippen molar-refractivity contribution in [2.45, 2.75) is 110 Å². The molecule has 4 nitrogen and oxygen atoms in total. The van der Waals surface area contributed by atoms with E-state index in [9.17, 15) is 14.7 Å². The fourth-order valence-electron chi connectivity index (χ4n) is 3.05. The van der Waals surface area contributed by atoms with Crippen molar-refractivity contribution in [3.63, 3.8) is 0 Å². The summed E-state index contributed by atoms with van der Waals surface area (Å²) in [5, 5.41) is 9.90. The lowest BCUT2D eigenvalue weighted by atomic mass is 9.97. The van der Waals surface area contributed by atoms with E-state index in [2.05, 4.69) is 19.1 Å². The molecule has 0 aliphatic rings. The summed E-state index contributed by atoms with van der Waals surface area (Å²) in [6, 6.07) is 0. The van der Waals surface area contributed by atoms with Gasteiger partial charge in [-0.15, -0.1) is 0 Å². The number of hydrogen-bond acceptors (Lipinski definition) is 4. The first kappa shape index (κ1) is 25.8. The minimum Gasteiger partial charge on any atom is -0.465 e. The molecule has 27 heavy (non-hydrogen) atoms. The van der Waals surface area contributed by atoms with E-state index in [1.165, 1.54) is 26.2 Å². The molecule has 4 heteroatoms. The van der Waals surface area contributed by atoms with Crippen molar-refractivity contribution in [3.8, 4) is 0 Å².